The molecule has 1 rings (SSSR count). The molecule has 2 unspecified atom stereocenters. The average Bonchev–Trinajstić information content (AvgIpc) is 2.33. The molecular weight excluding hydrogens is 254 g/mol. The highest BCUT2D eigenvalue weighted by atomic mass is 14.7. The maximum Gasteiger partial charge on any atom is 0.0125 e. The number of hydrogen-bond acceptors (Lipinski definition) is 1. The van der Waals surface area contributed by atoms with Crippen molar-refractivity contribution in [2.45, 2.75) is 111 Å². The monoisotopic (exact) mass is 295 g/mol. The first-order valence-corrected chi connectivity index (χ1v) is 9.35. The van der Waals surface area contributed by atoms with E-state index in [9.17, 15) is 0 Å². The van der Waals surface area contributed by atoms with Crippen LogP contribution in [0.1, 0.15) is 106 Å². The van der Waals surface area contributed by atoms with Crippen molar-refractivity contribution in [1.82, 2.24) is 0 Å². The van der Waals surface area contributed by atoms with Crippen molar-refractivity contribution in [1.29, 1.82) is 0 Å². The smallest absolute Gasteiger partial charge is 0.0125 e. The second-order valence-corrected chi connectivity index (χ2v) is 9.54. The topological polar surface area (TPSA) is 26.0 Å². The molecule has 0 spiro atoms. The van der Waals surface area contributed by atoms with E-state index in [1.165, 1.54) is 64.2 Å². The summed E-state index contributed by atoms with van der Waals surface area (Å²) in [5.41, 5.74) is 7.60. The van der Waals surface area contributed by atoms with Crippen LogP contribution in [-0.2, 0) is 0 Å². The van der Waals surface area contributed by atoms with Crippen LogP contribution in [-0.4, -0.2) is 5.54 Å². The lowest BCUT2D eigenvalue weighted by Gasteiger charge is -2.35. The first-order chi connectivity index (χ1) is 9.56. The summed E-state index contributed by atoms with van der Waals surface area (Å²) in [5, 5.41) is 0. The Balaban J connectivity index is 2.73. The van der Waals surface area contributed by atoms with Crippen LogP contribution < -0.4 is 5.73 Å². The molecule has 1 heteroatoms. The standard InChI is InChI=1S/C20H41N/c1-17(2)19(5)13-8-7-11-18(3,4)12-9-15-20(6,21)16-10-14-19/h17H,7-16,21H2,1-6H3. The molecule has 0 bridgehead atoms. The number of hydrogen-bond donors (Lipinski definition) is 1. The van der Waals surface area contributed by atoms with E-state index in [4.69, 9.17) is 5.73 Å². The normalized spacial score (nSPS) is 36.6. The zero-order valence-electron chi connectivity index (χ0n) is 15.7. The Morgan fingerprint density at radius 1 is 0.667 bits per heavy atom. The van der Waals surface area contributed by atoms with Crippen LogP contribution in [0.25, 0.3) is 0 Å². The SMILES string of the molecule is CC(C)C1(C)CCCCC(C)(C)CCCC(C)(N)CCC1. The highest BCUT2D eigenvalue weighted by molar-refractivity contribution is 4.84. The highest BCUT2D eigenvalue weighted by Gasteiger charge is 2.30. The minimum absolute atomic E-state index is 0.0437. The minimum Gasteiger partial charge on any atom is -0.325 e. The van der Waals surface area contributed by atoms with Crippen molar-refractivity contribution in [2.75, 3.05) is 0 Å². The molecule has 2 atom stereocenters. The van der Waals surface area contributed by atoms with Crippen LogP contribution in [0, 0.1) is 16.7 Å². The van der Waals surface area contributed by atoms with Gasteiger partial charge in [0.1, 0.15) is 0 Å². The van der Waals surface area contributed by atoms with Gasteiger partial charge in [0.25, 0.3) is 0 Å². The van der Waals surface area contributed by atoms with Crippen LogP contribution in [0.5, 0.6) is 0 Å². The molecule has 2 N–H and O–H groups in total. The molecule has 0 aliphatic heterocycles. The summed E-state index contributed by atoms with van der Waals surface area (Å²) in [6, 6.07) is 0. The quantitative estimate of drug-likeness (QED) is 0.603. The largest absolute Gasteiger partial charge is 0.325 e. The summed E-state index contributed by atoms with van der Waals surface area (Å²) < 4.78 is 0. The Morgan fingerprint density at radius 3 is 1.67 bits per heavy atom. The van der Waals surface area contributed by atoms with Gasteiger partial charge in [-0.2, -0.15) is 0 Å². The molecule has 1 nitrogen and oxygen atoms in total. The Hall–Kier alpha value is -0.0400. The first-order valence-electron chi connectivity index (χ1n) is 9.35. The van der Waals surface area contributed by atoms with Gasteiger partial charge in [-0.15, -0.1) is 0 Å². The van der Waals surface area contributed by atoms with Gasteiger partial charge in [0.2, 0.25) is 0 Å². The van der Waals surface area contributed by atoms with Crippen LogP contribution in [0.2, 0.25) is 0 Å². The van der Waals surface area contributed by atoms with Gasteiger partial charge in [-0.25, -0.2) is 0 Å². The Bertz CT molecular complexity index is 303. The molecule has 1 aliphatic carbocycles. The van der Waals surface area contributed by atoms with Gasteiger partial charge in [-0.05, 0) is 62.2 Å². The fraction of sp³-hybridized carbons (Fsp3) is 1.00. The summed E-state index contributed by atoms with van der Waals surface area (Å²) in [7, 11) is 0. The van der Waals surface area contributed by atoms with Crippen molar-refractivity contribution in [2.24, 2.45) is 22.5 Å². The van der Waals surface area contributed by atoms with E-state index >= 15 is 0 Å². The van der Waals surface area contributed by atoms with Crippen LogP contribution in [0.3, 0.4) is 0 Å². The molecular formula is C20H41N. The molecule has 1 saturated carbocycles. The second-order valence-electron chi connectivity index (χ2n) is 9.54. The van der Waals surface area contributed by atoms with E-state index in [0.29, 0.717) is 10.8 Å². The van der Waals surface area contributed by atoms with Crippen molar-refractivity contribution < 1.29 is 0 Å². The molecule has 1 fully saturated rings. The van der Waals surface area contributed by atoms with Crippen LogP contribution in [0.4, 0.5) is 0 Å². The van der Waals surface area contributed by atoms with Gasteiger partial charge in [0, 0.05) is 5.54 Å². The molecule has 0 radical (unpaired) electrons. The molecule has 0 aromatic rings. The van der Waals surface area contributed by atoms with Crippen molar-refractivity contribution in [3.05, 3.63) is 0 Å². The average molecular weight is 296 g/mol. The third kappa shape index (κ3) is 6.72. The molecule has 21 heavy (non-hydrogen) atoms. The number of nitrogens with two attached hydrogens (primary N) is 1. The lowest BCUT2D eigenvalue weighted by atomic mass is 9.71. The van der Waals surface area contributed by atoms with E-state index < -0.39 is 0 Å². The van der Waals surface area contributed by atoms with Crippen molar-refractivity contribution >= 4 is 0 Å². The van der Waals surface area contributed by atoms with E-state index in [2.05, 4.69) is 41.5 Å². The Kier molecular flexibility index (Phi) is 6.78. The second kappa shape index (κ2) is 7.49. The summed E-state index contributed by atoms with van der Waals surface area (Å²) in [6.45, 7) is 14.5. The summed E-state index contributed by atoms with van der Waals surface area (Å²) in [5.74, 6) is 0.777. The molecule has 0 aromatic carbocycles. The maximum atomic E-state index is 6.55. The molecule has 1 aliphatic rings. The van der Waals surface area contributed by atoms with Gasteiger partial charge in [-0.1, -0.05) is 60.3 Å². The van der Waals surface area contributed by atoms with Crippen LogP contribution in [0.15, 0.2) is 0 Å². The first kappa shape index (κ1) is 19.0. The zero-order valence-corrected chi connectivity index (χ0v) is 15.7. The predicted molar refractivity (Wildman–Crippen MR) is 95.5 cm³/mol. The van der Waals surface area contributed by atoms with Gasteiger partial charge in [0.05, 0.1) is 0 Å². The van der Waals surface area contributed by atoms with E-state index in [1.54, 1.807) is 0 Å². The van der Waals surface area contributed by atoms with Gasteiger partial charge in [0.15, 0.2) is 0 Å². The van der Waals surface area contributed by atoms with E-state index in [1.807, 2.05) is 0 Å². The Morgan fingerprint density at radius 2 is 1.10 bits per heavy atom. The van der Waals surface area contributed by atoms with E-state index in [0.717, 1.165) is 5.92 Å². The predicted octanol–water partition coefficient (Wildman–Crippen LogP) is 6.31. The molecule has 126 valence electrons. The summed E-state index contributed by atoms with van der Waals surface area (Å²) >= 11 is 0. The van der Waals surface area contributed by atoms with Gasteiger partial charge in [-0.3, -0.25) is 0 Å². The minimum atomic E-state index is 0.0437. The fourth-order valence-electron chi connectivity index (χ4n) is 3.95. The molecule has 0 amide bonds. The summed E-state index contributed by atoms with van der Waals surface area (Å²) in [6.07, 6.45) is 13.2. The maximum absolute atomic E-state index is 6.55. The van der Waals surface area contributed by atoms with Gasteiger partial charge < -0.3 is 5.73 Å². The zero-order chi connectivity index (χ0) is 16.1. The highest BCUT2D eigenvalue weighted by Crippen LogP contribution is 2.40. The van der Waals surface area contributed by atoms with Crippen molar-refractivity contribution in [3.8, 4) is 0 Å². The van der Waals surface area contributed by atoms with Crippen LogP contribution >= 0.6 is 0 Å². The lowest BCUT2D eigenvalue weighted by Crippen LogP contribution is -2.36. The molecule has 0 saturated heterocycles. The fourth-order valence-corrected chi connectivity index (χ4v) is 3.95. The lowest BCUT2D eigenvalue weighted by molar-refractivity contribution is 0.162. The third-order valence-corrected chi connectivity index (χ3v) is 6.34. The van der Waals surface area contributed by atoms with Crippen molar-refractivity contribution in [3.63, 3.8) is 0 Å². The third-order valence-electron chi connectivity index (χ3n) is 6.34. The molecule has 0 heterocycles. The Labute approximate surface area is 134 Å². The van der Waals surface area contributed by atoms with E-state index in [-0.39, 0.29) is 5.54 Å². The number of rotatable bonds is 1. The molecule has 0 aromatic heterocycles. The van der Waals surface area contributed by atoms with Gasteiger partial charge >= 0.3 is 0 Å². The summed E-state index contributed by atoms with van der Waals surface area (Å²) in [4.78, 5) is 0.